The average molecular weight is 389 g/mol. The van der Waals surface area contributed by atoms with Crippen LogP contribution in [0.1, 0.15) is 78.1 Å². The van der Waals surface area contributed by atoms with Crippen molar-refractivity contribution in [2.75, 3.05) is 0 Å². The summed E-state index contributed by atoms with van der Waals surface area (Å²) in [5.74, 6) is 0. The zero-order valence-corrected chi connectivity index (χ0v) is 17.7. The minimum absolute atomic E-state index is 0. The predicted molar refractivity (Wildman–Crippen MR) is 89.9 cm³/mol. The fourth-order valence-electron chi connectivity index (χ4n) is 3.15. The van der Waals surface area contributed by atoms with Crippen LogP contribution in [0.3, 0.4) is 0 Å². The average Bonchev–Trinajstić information content (AvgIpc) is 3.10. The first-order chi connectivity index (χ1) is 10.3. The van der Waals surface area contributed by atoms with E-state index in [0.29, 0.717) is 0 Å². The standard InChI is InChI=1S/2C10H15.2ClH.Ti/c2*1-2-3-4-7-10-8-5-6-9-10;;;/h2*5,8H,2-4,6-7H2,1H3;2*1H;/q;;;;+2/p-2. The minimum atomic E-state index is -0.0245. The maximum Gasteiger partial charge on any atom is -1.00 e. The molecule has 0 spiro atoms. The Morgan fingerprint density at radius 1 is 0.739 bits per heavy atom. The Morgan fingerprint density at radius 2 is 1.17 bits per heavy atom. The van der Waals surface area contributed by atoms with Crippen molar-refractivity contribution in [3.05, 3.63) is 43.2 Å². The van der Waals surface area contributed by atoms with Crippen molar-refractivity contribution >= 4 is 0 Å². The molecule has 3 heteroatoms. The third-order valence-corrected chi connectivity index (χ3v) is 7.04. The second-order valence-electron chi connectivity index (χ2n) is 6.26. The van der Waals surface area contributed by atoms with Gasteiger partial charge in [0.2, 0.25) is 0 Å². The second-order valence-corrected chi connectivity index (χ2v) is 8.54. The summed E-state index contributed by atoms with van der Waals surface area (Å²) in [6.07, 6.45) is 23.0. The van der Waals surface area contributed by atoms with Gasteiger partial charge in [-0.25, -0.2) is 0 Å². The summed E-state index contributed by atoms with van der Waals surface area (Å²) in [6.45, 7) is 4.59. The molecule has 0 nitrogen and oxygen atoms in total. The largest absolute Gasteiger partial charge is 1.00 e. The van der Waals surface area contributed by atoms with Crippen LogP contribution in [-0.2, 0) is 19.2 Å². The van der Waals surface area contributed by atoms with E-state index in [4.69, 9.17) is 0 Å². The van der Waals surface area contributed by atoms with E-state index in [1.165, 1.54) is 64.2 Å². The van der Waals surface area contributed by atoms with Crippen molar-refractivity contribution in [3.63, 3.8) is 0 Å². The number of hydrogen-bond donors (Lipinski definition) is 0. The van der Waals surface area contributed by atoms with Gasteiger partial charge in [-0.1, -0.05) is 0 Å². The van der Waals surface area contributed by atoms with Crippen LogP contribution in [0.4, 0.5) is 0 Å². The molecular weight excluding hydrogens is 359 g/mol. The number of rotatable bonds is 10. The first-order valence-corrected chi connectivity index (χ1v) is 10.5. The molecule has 0 amide bonds. The molecule has 0 bridgehead atoms. The molecule has 0 radical (unpaired) electrons. The number of hydrogen-bond acceptors (Lipinski definition) is 0. The van der Waals surface area contributed by atoms with Crippen LogP contribution in [0, 0.1) is 0 Å². The molecule has 0 atom stereocenters. The Bertz CT molecular complexity index is 416. The Morgan fingerprint density at radius 3 is 1.57 bits per heavy atom. The molecule has 0 N–H and O–H groups in total. The molecule has 2 rings (SSSR count). The Hall–Kier alpha value is 0.254. The first kappa shape index (κ1) is 23.3. The van der Waals surface area contributed by atoms with Crippen LogP contribution in [-0.4, -0.2) is 0 Å². The summed E-state index contributed by atoms with van der Waals surface area (Å²) in [5, 5.41) is 0. The molecule has 128 valence electrons. The van der Waals surface area contributed by atoms with Crippen LogP contribution in [0.25, 0.3) is 0 Å². The van der Waals surface area contributed by atoms with E-state index in [-0.39, 0.29) is 44.0 Å². The molecule has 0 aromatic heterocycles. The van der Waals surface area contributed by atoms with Crippen molar-refractivity contribution in [2.45, 2.75) is 78.1 Å². The first-order valence-electron chi connectivity index (χ1n) is 8.89. The van der Waals surface area contributed by atoms with Crippen LogP contribution >= 0.6 is 0 Å². The molecule has 0 unspecified atom stereocenters. The molecule has 0 saturated carbocycles. The zero-order chi connectivity index (χ0) is 14.9. The van der Waals surface area contributed by atoms with E-state index >= 15 is 0 Å². The maximum atomic E-state index is 2.42. The molecule has 2 aliphatic rings. The van der Waals surface area contributed by atoms with E-state index in [0.717, 1.165) is 0 Å². The summed E-state index contributed by atoms with van der Waals surface area (Å²) in [4.78, 5) is 0. The van der Waals surface area contributed by atoms with Gasteiger partial charge in [0.15, 0.2) is 0 Å². The number of allylic oxidation sites excluding steroid dienone is 8. The fraction of sp³-hybridized carbons (Fsp3) is 0.600. The fourth-order valence-corrected chi connectivity index (χ4v) is 5.55. The van der Waals surface area contributed by atoms with Gasteiger partial charge in [-0.2, -0.15) is 0 Å². The van der Waals surface area contributed by atoms with Gasteiger partial charge in [0.05, 0.1) is 0 Å². The van der Waals surface area contributed by atoms with Crippen molar-refractivity contribution in [1.82, 2.24) is 0 Å². The molecule has 0 saturated heterocycles. The SMILES string of the molecule is CCCCCC1=[C]([Ti+2][C]2=C(CCCCC)C=CC2)CC=C1.[Cl-].[Cl-]. The molecule has 0 heterocycles. The van der Waals surface area contributed by atoms with Gasteiger partial charge in [-0.3, -0.25) is 0 Å². The minimum Gasteiger partial charge on any atom is -1.00 e. The molecule has 0 fully saturated rings. The second kappa shape index (κ2) is 13.5. The number of halogens is 2. The quantitative estimate of drug-likeness (QED) is 0.381. The smallest absolute Gasteiger partial charge is 1.00 e. The van der Waals surface area contributed by atoms with Gasteiger partial charge in [-0.15, -0.1) is 0 Å². The van der Waals surface area contributed by atoms with Gasteiger partial charge in [0, 0.05) is 0 Å². The van der Waals surface area contributed by atoms with Crippen LogP contribution in [0.5, 0.6) is 0 Å². The number of unbranched alkanes of at least 4 members (excludes halogenated alkanes) is 4. The van der Waals surface area contributed by atoms with Crippen LogP contribution < -0.4 is 24.8 Å². The Labute approximate surface area is 164 Å². The van der Waals surface area contributed by atoms with Crippen molar-refractivity contribution in [2.24, 2.45) is 0 Å². The molecule has 0 aliphatic heterocycles. The van der Waals surface area contributed by atoms with Crippen molar-refractivity contribution in [3.8, 4) is 0 Å². The van der Waals surface area contributed by atoms with Crippen molar-refractivity contribution in [1.29, 1.82) is 0 Å². The summed E-state index contributed by atoms with van der Waals surface area (Å²) >= 11 is -0.0245. The van der Waals surface area contributed by atoms with Gasteiger partial charge in [0.25, 0.3) is 0 Å². The Kier molecular flexibility index (Phi) is 13.7. The summed E-state index contributed by atoms with van der Waals surface area (Å²) in [6, 6.07) is 0. The van der Waals surface area contributed by atoms with Gasteiger partial charge in [0.1, 0.15) is 0 Å². The summed E-state index contributed by atoms with van der Waals surface area (Å²) in [7, 11) is 0. The molecule has 0 aromatic carbocycles. The van der Waals surface area contributed by atoms with Gasteiger partial charge >= 0.3 is 140 Å². The third-order valence-electron chi connectivity index (χ3n) is 4.46. The maximum absolute atomic E-state index is 2.42. The van der Waals surface area contributed by atoms with Crippen molar-refractivity contribution < 1.29 is 44.0 Å². The summed E-state index contributed by atoms with van der Waals surface area (Å²) in [5.41, 5.74) is 3.41. The zero-order valence-electron chi connectivity index (χ0n) is 14.6. The van der Waals surface area contributed by atoms with E-state index in [1.54, 1.807) is 11.1 Å². The van der Waals surface area contributed by atoms with E-state index in [2.05, 4.69) is 38.2 Å². The monoisotopic (exact) mass is 388 g/mol. The summed E-state index contributed by atoms with van der Waals surface area (Å²) < 4.78 is 3.66. The van der Waals surface area contributed by atoms with E-state index in [9.17, 15) is 0 Å². The molecule has 0 aromatic rings. The third kappa shape index (κ3) is 7.78. The van der Waals surface area contributed by atoms with Crippen LogP contribution in [0.2, 0.25) is 0 Å². The molecule has 2 aliphatic carbocycles. The molecule has 23 heavy (non-hydrogen) atoms. The predicted octanol–water partition coefficient (Wildman–Crippen LogP) is 0.666. The normalized spacial score (nSPS) is 15.7. The molecular formula is C20H30Cl2Ti. The Balaban J connectivity index is 0.00000242. The van der Waals surface area contributed by atoms with Crippen LogP contribution in [0.15, 0.2) is 43.2 Å². The van der Waals surface area contributed by atoms with E-state index < -0.39 is 0 Å². The van der Waals surface area contributed by atoms with Gasteiger partial charge in [-0.05, 0) is 0 Å². The van der Waals surface area contributed by atoms with E-state index in [1.807, 2.05) is 7.76 Å². The topological polar surface area (TPSA) is 0 Å². The van der Waals surface area contributed by atoms with Gasteiger partial charge < -0.3 is 24.8 Å².